The van der Waals surface area contributed by atoms with E-state index in [0.29, 0.717) is 28.9 Å². The Balaban J connectivity index is 1.54. The number of aromatic nitrogens is 2. The van der Waals surface area contributed by atoms with Crippen LogP contribution >= 0.6 is 0 Å². The fourth-order valence-corrected chi connectivity index (χ4v) is 3.30. The number of hydrogen-bond acceptors (Lipinski definition) is 4. The van der Waals surface area contributed by atoms with E-state index in [2.05, 4.69) is 67.1 Å². The molecule has 4 heteroatoms. The highest BCUT2D eigenvalue weighted by Gasteiger charge is 2.14. The number of nitrogens with zero attached hydrogens (tertiary/aromatic N) is 2. The molecule has 5 rings (SSSR count). The van der Waals surface area contributed by atoms with Gasteiger partial charge in [-0.05, 0) is 48.7 Å². The van der Waals surface area contributed by atoms with E-state index < -0.39 is 0 Å². The van der Waals surface area contributed by atoms with Gasteiger partial charge in [-0.2, -0.15) is 0 Å². The molecule has 0 radical (unpaired) electrons. The number of benzene rings is 3. The van der Waals surface area contributed by atoms with E-state index >= 15 is 0 Å². The van der Waals surface area contributed by atoms with Crippen molar-refractivity contribution in [3.8, 4) is 22.9 Å². The van der Waals surface area contributed by atoms with Crippen molar-refractivity contribution in [1.29, 1.82) is 0 Å². The van der Waals surface area contributed by atoms with Crippen LogP contribution in [0.2, 0.25) is 0 Å². The monoisotopic (exact) mass is 368 g/mol. The molecule has 138 valence electrons. The molecule has 0 bridgehead atoms. The summed E-state index contributed by atoms with van der Waals surface area (Å²) in [5.41, 5.74) is 7.36. The molecule has 5 aromatic rings. The lowest BCUT2D eigenvalue weighted by atomic mass is 10.0. The minimum absolute atomic E-state index is 0.499. The normalized spacial score (nSPS) is 11.7. The van der Waals surface area contributed by atoms with Gasteiger partial charge in [0.05, 0.1) is 0 Å². The fourth-order valence-electron chi connectivity index (χ4n) is 3.30. The molecule has 0 fully saturated rings. The Morgan fingerprint density at radius 1 is 0.679 bits per heavy atom. The summed E-state index contributed by atoms with van der Waals surface area (Å²) in [7, 11) is 0. The van der Waals surface area contributed by atoms with Crippen LogP contribution in [0, 0.1) is 6.92 Å². The van der Waals surface area contributed by atoms with Gasteiger partial charge in [0.2, 0.25) is 11.8 Å². The third-order valence-electron chi connectivity index (χ3n) is 5.02. The molecular formula is C24H20N2O2. The highest BCUT2D eigenvalue weighted by atomic mass is 16.4. The predicted octanol–water partition coefficient (Wildman–Crippen LogP) is 6.73. The molecule has 0 aliphatic heterocycles. The first kappa shape index (κ1) is 16.8. The summed E-state index contributed by atoms with van der Waals surface area (Å²) in [5, 5.41) is 0. The van der Waals surface area contributed by atoms with E-state index in [0.717, 1.165) is 22.2 Å². The molecule has 0 unspecified atom stereocenters. The average molecular weight is 368 g/mol. The lowest BCUT2D eigenvalue weighted by molar-refractivity contribution is 0.609. The van der Waals surface area contributed by atoms with Gasteiger partial charge < -0.3 is 8.83 Å². The van der Waals surface area contributed by atoms with Crippen molar-refractivity contribution in [1.82, 2.24) is 9.97 Å². The van der Waals surface area contributed by atoms with Gasteiger partial charge in [-0.3, -0.25) is 0 Å². The minimum atomic E-state index is 0.499. The smallest absolute Gasteiger partial charge is 0.227 e. The zero-order valence-corrected chi connectivity index (χ0v) is 16.1. The molecule has 0 amide bonds. The maximum Gasteiger partial charge on any atom is 0.227 e. The molecule has 28 heavy (non-hydrogen) atoms. The Morgan fingerprint density at radius 3 is 1.68 bits per heavy atom. The summed E-state index contributed by atoms with van der Waals surface area (Å²) in [6, 6.07) is 20.3. The molecule has 0 saturated carbocycles. The summed E-state index contributed by atoms with van der Waals surface area (Å²) in [6.45, 7) is 6.42. The molecule has 4 nitrogen and oxygen atoms in total. The molecule has 2 aromatic heterocycles. The van der Waals surface area contributed by atoms with Gasteiger partial charge in [0, 0.05) is 17.2 Å². The largest absolute Gasteiger partial charge is 0.436 e. The molecule has 0 spiro atoms. The van der Waals surface area contributed by atoms with Crippen LogP contribution in [0.25, 0.3) is 45.1 Å². The van der Waals surface area contributed by atoms with Crippen LogP contribution in [0.4, 0.5) is 0 Å². The number of oxazole rings is 2. The van der Waals surface area contributed by atoms with Crippen LogP contribution in [0.15, 0.2) is 69.5 Å². The van der Waals surface area contributed by atoms with Crippen molar-refractivity contribution in [3.05, 3.63) is 71.8 Å². The summed E-state index contributed by atoms with van der Waals surface area (Å²) in [4.78, 5) is 9.28. The second-order valence-corrected chi connectivity index (χ2v) is 7.47. The maximum absolute atomic E-state index is 5.99. The Bertz CT molecular complexity index is 1230. The van der Waals surface area contributed by atoms with Gasteiger partial charge in [-0.15, -0.1) is 0 Å². The van der Waals surface area contributed by atoms with Crippen LogP contribution in [0.5, 0.6) is 0 Å². The third-order valence-corrected chi connectivity index (χ3v) is 5.02. The van der Waals surface area contributed by atoms with Crippen LogP contribution in [-0.4, -0.2) is 9.97 Å². The van der Waals surface area contributed by atoms with Crippen LogP contribution < -0.4 is 0 Å². The van der Waals surface area contributed by atoms with Crippen molar-refractivity contribution in [3.63, 3.8) is 0 Å². The lowest BCUT2D eigenvalue weighted by Crippen LogP contribution is -1.86. The van der Waals surface area contributed by atoms with Gasteiger partial charge >= 0.3 is 0 Å². The zero-order chi connectivity index (χ0) is 19.3. The van der Waals surface area contributed by atoms with Crippen molar-refractivity contribution in [2.75, 3.05) is 0 Å². The number of hydrogen-bond donors (Lipinski definition) is 0. The summed E-state index contributed by atoms with van der Waals surface area (Å²) in [6.07, 6.45) is 0. The van der Waals surface area contributed by atoms with Gasteiger partial charge in [-0.25, -0.2) is 9.97 Å². The second kappa shape index (κ2) is 6.34. The Morgan fingerprint density at radius 2 is 1.18 bits per heavy atom. The number of aryl methyl sites for hydroxylation is 1. The highest BCUT2D eigenvalue weighted by molar-refractivity contribution is 5.91. The molecule has 0 atom stereocenters. The Hall–Kier alpha value is -3.40. The molecule has 0 aliphatic rings. The molecule has 0 aliphatic carbocycles. The average Bonchev–Trinajstić information content (AvgIpc) is 3.29. The minimum Gasteiger partial charge on any atom is -0.436 e. The van der Waals surface area contributed by atoms with Crippen molar-refractivity contribution in [2.45, 2.75) is 26.7 Å². The Labute approximate surface area is 162 Å². The van der Waals surface area contributed by atoms with E-state index in [1.54, 1.807) is 0 Å². The van der Waals surface area contributed by atoms with Crippen LogP contribution in [-0.2, 0) is 0 Å². The van der Waals surface area contributed by atoms with Crippen molar-refractivity contribution >= 4 is 22.2 Å². The van der Waals surface area contributed by atoms with E-state index in [1.807, 2.05) is 24.3 Å². The first-order valence-electron chi connectivity index (χ1n) is 9.45. The van der Waals surface area contributed by atoms with Crippen LogP contribution in [0.3, 0.4) is 0 Å². The maximum atomic E-state index is 5.99. The van der Waals surface area contributed by atoms with E-state index in [4.69, 9.17) is 8.83 Å². The fraction of sp³-hybridized carbons (Fsp3) is 0.167. The summed E-state index contributed by atoms with van der Waals surface area (Å²) in [5.74, 6) is 1.71. The SMILES string of the molecule is Cc1ccc(-c2nc3cc4nc(-c5ccc(C(C)C)cc5)oc4cc3o2)cc1. The standard InChI is InChI=1S/C24H20N2O2/c1-14(2)16-8-10-18(11-9-16)24-26-20-12-19-21(13-22(20)28-24)27-23(25-19)17-6-4-15(3)5-7-17/h4-14H,1-3H3. The molecule has 2 heterocycles. The zero-order valence-electron chi connectivity index (χ0n) is 16.1. The lowest BCUT2D eigenvalue weighted by Gasteiger charge is -2.04. The number of rotatable bonds is 3. The first-order chi connectivity index (χ1) is 13.6. The number of fused-ring (bicyclic) bond motifs is 2. The van der Waals surface area contributed by atoms with Crippen LogP contribution in [0.1, 0.15) is 30.9 Å². The van der Waals surface area contributed by atoms with E-state index in [1.165, 1.54) is 11.1 Å². The first-order valence-corrected chi connectivity index (χ1v) is 9.45. The summed E-state index contributed by atoms with van der Waals surface area (Å²) >= 11 is 0. The molecular weight excluding hydrogens is 348 g/mol. The highest BCUT2D eigenvalue weighted by Crippen LogP contribution is 2.31. The van der Waals surface area contributed by atoms with Gasteiger partial charge in [0.1, 0.15) is 11.0 Å². The molecule has 0 saturated heterocycles. The third kappa shape index (κ3) is 2.87. The van der Waals surface area contributed by atoms with Gasteiger partial charge in [-0.1, -0.05) is 43.7 Å². The van der Waals surface area contributed by atoms with Gasteiger partial charge in [0.15, 0.2) is 11.2 Å². The van der Waals surface area contributed by atoms with Crippen molar-refractivity contribution in [2.24, 2.45) is 0 Å². The second-order valence-electron chi connectivity index (χ2n) is 7.47. The van der Waals surface area contributed by atoms with E-state index in [9.17, 15) is 0 Å². The predicted molar refractivity (Wildman–Crippen MR) is 111 cm³/mol. The molecule has 3 aromatic carbocycles. The van der Waals surface area contributed by atoms with Crippen molar-refractivity contribution < 1.29 is 8.83 Å². The van der Waals surface area contributed by atoms with Gasteiger partial charge in [0.25, 0.3) is 0 Å². The Kier molecular flexibility index (Phi) is 3.79. The quantitative estimate of drug-likeness (QED) is 0.354. The topological polar surface area (TPSA) is 52.1 Å². The summed E-state index contributed by atoms with van der Waals surface area (Å²) < 4.78 is 12.0. The molecule has 0 N–H and O–H groups in total. The van der Waals surface area contributed by atoms with E-state index in [-0.39, 0.29) is 0 Å².